The fraction of sp³-hybridized carbons (Fsp3) is 0.692. The summed E-state index contributed by atoms with van der Waals surface area (Å²) >= 11 is 5.42. The molecule has 0 radical (unpaired) electrons. The maximum absolute atomic E-state index is 5.63. The predicted molar refractivity (Wildman–Crippen MR) is 76.6 cm³/mol. The van der Waals surface area contributed by atoms with Crippen LogP contribution in [-0.4, -0.2) is 19.8 Å². The summed E-state index contributed by atoms with van der Waals surface area (Å²) < 4.78 is 6.87. The van der Waals surface area contributed by atoms with Gasteiger partial charge in [-0.1, -0.05) is 6.92 Å². The Kier molecular flexibility index (Phi) is 5.48. The maximum atomic E-state index is 5.63. The zero-order valence-electron chi connectivity index (χ0n) is 10.2. The Morgan fingerprint density at radius 2 is 2.47 bits per heavy atom. The third kappa shape index (κ3) is 3.53. The zero-order valence-corrected chi connectivity index (χ0v) is 12.6. The van der Waals surface area contributed by atoms with E-state index in [1.165, 1.54) is 29.3 Å². The zero-order chi connectivity index (χ0) is 12.1. The average molecular weight is 318 g/mol. The smallest absolute Gasteiger partial charge is 0.0512 e. The van der Waals surface area contributed by atoms with Crippen molar-refractivity contribution in [2.24, 2.45) is 5.92 Å². The molecule has 2 rings (SSSR count). The van der Waals surface area contributed by atoms with Crippen LogP contribution in [0.1, 0.15) is 37.8 Å². The Bertz CT molecular complexity index is 336. The molecule has 1 aliphatic heterocycles. The van der Waals surface area contributed by atoms with Gasteiger partial charge in [-0.2, -0.15) is 11.3 Å². The summed E-state index contributed by atoms with van der Waals surface area (Å²) in [6.07, 6.45) is 3.63. The second kappa shape index (κ2) is 6.88. The first-order valence-electron chi connectivity index (χ1n) is 6.35. The van der Waals surface area contributed by atoms with E-state index in [0.717, 1.165) is 19.8 Å². The molecule has 0 spiro atoms. The first-order valence-corrected chi connectivity index (χ1v) is 8.09. The molecule has 1 aromatic rings. The second-order valence-corrected chi connectivity index (χ2v) is 6.18. The van der Waals surface area contributed by atoms with Gasteiger partial charge in [0.2, 0.25) is 0 Å². The van der Waals surface area contributed by atoms with Crippen LogP contribution in [0, 0.1) is 5.92 Å². The van der Waals surface area contributed by atoms with Crippen molar-refractivity contribution < 1.29 is 4.74 Å². The van der Waals surface area contributed by atoms with Crippen LogP contribution in [0.3, 0.4) is 0 Å². The third-order valence-corrected chi connectivity index (χ3v) is 5.01. The number of nitrogens with one attached hydrogen (secondary N) is 1. The Balaban J connectivity index is 2.09. The molecule has 1 N–H and O–H groups in total. The van der Waals surface area contributed by atoms with E-state index in [9.17, 15) is 0 Å². The summed E-state index contributed by atoms with van der Waals surface area (Å²) in [4.78, 5) is 0. The molecule has 1 aromatic heterocycles. The van der Waals surface area contributed by atoms with Crippen molar-refractivity contribution in [2.75, 3.05) is 19.8 Å². The fourth-order valence-corrected chi connectivity index (χ4v) is 3.95. The van der Waals surface area contributed by atoms with Crippen LogP contribution in [0.4, 0.5) is 0 Å². The lowest BCUT2D eigenvalue weighted by molar-refractivity contribution is 0.0390. The van der Waals surface area contributed by atoms with E-state index in [1.807, 2.05) is 0 Å². The molecule has 4 heteroatoms. The van der Waals surface area contributed by atoms with Gasteiger partial charge in [-0.25, -0.2) is 0 Å². The molecule has 0 bridgehead atoms. The number of hydrogen-bond donors (Lipinski definition) is 1. The van der Waals surface area contributed by atoms with Crippen LogP contribution < -0.4 is 5.32 Å². The highest BCUT2D eigenvalue weighted by Gasteiger charge is 2.26. The van der Waals surface area contributed by atoms with Gasteiger partial charge in [0.25, 0.3) is 0 Å². The molecular weight excluding hydrogens is 298 g/mol. The van der Waals surface area contributed by atoms with Crippen molar-refractivity contribution in [1.29, 1.82) is 0 Å². The van der Waals surface area contributed by atoms with E-state index in [-0.39, 0.29) is 0 Å². The molecule has 0 amide bonds. The summed E-state index contributed by atoms with van der Waals surface area (Å²) in [5.41, 5.74) is 1.40. The van der Waals surface area contributed by atoms with Gasteiger partial charge in [0.15, 0.2) is 0 Å². The minimum atomic E-state index is 0.441. The molecule has 2 atom stereocenters. The van der Waals surface area contributed by atoms with Crippen LogP contribution >= 0.6 is 27.3 Å². The van der Waals surface area contributed by atoms with Gasteiger partial charge in [-0.05, 0) is 52.7 Å². The monoisotopic (exact) mass is 317 g/mol. The summed E-state index contributed by atoms with van der Waals surface area (Å²) in [5.74, 6) is 0.612. The van der Waals surface area contributed by atoms with Gasteiger partial charge in [0.05, 0.1) is 6.61 Å². The lowest BCUT2D eigenvalue weighted by atomic mass is 9.90. The predicted octanol–water partition coefficient (Wildman–Crippen LogP) is 3.98. The molecule has 1 fully saturated rings. The van der Waals surface area contributed by atoms with Crippen molar-refractivity contribution in [2.45, 2.75) is 32.2 Å². The molecule has 2 nitrogen and oxygen atoms in total. The van der Waals surface area contributed by atoms with E-state index < -0.39 is 0 Å². The highest BCUT2D eigenvalue weighted by molar-refractivity contribution is 9.10. The van der Waals surface area contributed by atoms with Crippen molar-refractivity contribution in [1.82, 2.24) is 5.32 Å². The molecular formula is C13H20BrNOS. The molecule has 0 aliphatic carbocycles. The van der Waals surface area contributed by atoms with Gasteiger partial charge in [-0.15, -0.1) is 0 Å². The molecule has 1 aliphatic rings. The first-order chi connectivity index (χ1) is 8.33. The highest BCUT2D eigenvalue weighted by Crippen LogP contribution is 2.35. The molecule has 2 heterocycles. The van der Waals surface area contributed by atoms with E-state index in [0.29, 0.717) is 12.0 Å². The number of thiophene rings is 1. The number of ether oxygens (including phenoxy) is 1. The van der Waals surface area contributed by atoms with E-state index in [1.54, 1.807) is 11.3 Å². The lowest BCUT2D eigenvalue weighted by Crippen LogP contribution is -2.33. The second-order valence-electron chi connectivity index (χ2n) is 4.58. The van der Waals surface area contributed by atoms with E-state index >= 15 is 0 Å². The minimum Gasteiger partial charge on any atom is -0.381 e. The van der Waals surface area contributed by atoms with Crippen molar-refractivity contribution >= 4 is 27.3 Å². The highest BCUT2D eigenvalue weighted by atomic mass is 79.9. The number of halogens is 1. The summed E-state index contributed by atoms with van der Waals surface area (Å²) in [6.45, 7) is 5.11. The van der Waals surface area contributed by atoms with E-state index in [4.69, 9.17) is 4.74 Å². The topological polar surface area (TPSA) is 21.3 Å². The van der Waals surface area contributed by atoms with Gasteiger partial charge < -0.3 is 10.1 Å². The molecule has 1 saturated heterocycles. The normalized spacial score (nSPS) is 22.6. The van der Waals surface area contributed by atoms with Gasteiger partial charge >= 0.3 is 0 Å². The number of hydrogen-bond acceptors (Lipinski definition) is 3. The first kappa shape index (κ1) is 13.5. The number of rotatable bonds is 5. The van der Waals surface area contributed by atoms with Crippen LogP contribution in [0.15, 0.2) is 15.2 Å². The SMILES string of the molecule is CCCNC(c1cscc1Br)C1CCCOC1. The Morgan fingerprint density at radius 3 is 3.06 bits per heavy atom. The standard InChI is InChI=1S/C13H20BrNOS/c1-2-5-15-13(10-4-3-6-16-7-10)11-8-17-9-12(11)14/h8-10,13,15H,2-7H2,1H3. The fourth-order valence-electron chi connectivity index (χ4n) is 2.37. The molecule has 0 saturated carbocycles. The molecule has 2 unspecified atom stereocenters. The van der Waals surface area contributed by atoms with Crippen LogP contribution in [0.5, 0.6) is 0 Å². The van der Waals surface area contributed by atoms with Crippen LogP contribution in [-0.2, 0) is 4.74 Å². The van der Waals surface area contributed by atoms with Crippen molar-refractivity contribution in [3.63, 3.8) is 0 Å². The van der Waals surface area contributed by atoms with Crippen LogP contribution in [0.2, 0.25) is 0 Å². The largest absolute Gasteiger partial charge is 0.381 e. The minimum absolute atomic E-state index is 0.441. The maximum Gasteiger partial charge on any atom is 0.0512 e. The van der Waals surface area contributed by atoms with Gasteiger partial charge in [0, 0.05) is 28.4 Å². The quantitative estimate of drug-likeness (QED) is 0.887. The Hall–Kier alpha value is 0.1000. The lowest BCUT2D eigenvalue weighted by Gasteiger charge is -2.31. The summed E-state index contributed by atoms with van der Waals surface area (Å²) in [6, 6.07) is 0.441. The van der Waals surface area contributed by atoms with E-state index in [2.05, 4.69) is 38.9 Å². The summed E-state index contributed by atoms with van der Waals surface area (Å²) in [5, 5.41) is 8.10. The summed E-state index contributed by atoms with van der Waals surface area (Å²) in [7, 11) is 0. The average Bonchev–Trinajstić information content (AvgIpc) is 2.78. The van der Waals surface area contributed by atoms with Crippen molar-refractivity contribution in [3.8, 4) is 0 Å². The molecule has 17 heavy (non-hydrogen) atoms. The van der Waals surface area contributed by atoms with Crippen molar-refractivity contribution in [3.05, 3.63) is 20.8 Å². The van der Waals surface area contributed by atoms with Gasteiger partial charge in [0.1, 0.15) is 0 Å². The van der Waals surface area contributed by atoms with Gasteiger partial charge in [-0.3, -0.25) is 0 Å². The Labute approximate surface area is 116 Å². The molecule has 0 aromatic carbocycles. The third-order valence-electron chi connectivity index (χ3n) is 3.26. The van der Waals surface area contributed by atoms with Crippen LogP contribution in [0.25, 0.3) is 0 Å². The molecule has 96 valence electrons. The Morgan fingerprint density at radius 1 is 1.59 bits per heavy atom.